The zero-order chi connectivity index (χ0) is 20.1. The standard InChI is InChI=1S/C16H24N10O2/c1-16(2,3)15-17-13(25-6-5-10(28)9(25)8-27)12-14(18-15)26(22-20-12)7-11-19-21-23-24(11)4/h9-10,27-28H,5-8H2,1-4H3/t9-,10-/m0/s1. The molecule has 0 saturated carbocycles. The molecule has 2 atom stereocenters. The maximum Gasteiger partial charge on any atom is 0.184 e. The summed E-state index contributed by atoms with van der Waals surface area (Å²) in [5.74, 6) is 1.83. The third-order valence-corrected chi connectivity index (χ3v) is 4.98. The van der Waals surface area contributed by atoms with Gasteiger partial charge in [-0.05, 0) is 16.8 Å². The van der Waals surface area contributed by atoms with Gasteiger partial charge in [-0.2, -0.15) is 0 Å². The number of aliphatic hydroxyl groups is 2. The molecule has 12 nitrogen and oxygen atoms in total. The molecule has 0 unspecified atom stereocenters. The molecule has 12 heteroatoms. The van der Waals surface area contributed by atoms with Gasteiger partial charge in [-0.1, -0.05) is 26.0 Å². The molecule has 3 aromatic rings. The lowest BCUT2D eigenvalue weighted by atomic mass is 9.95. The average Bonchev–Trinajstić information content (AvgIpc) is 3.33. The van der Waals surface area contributed by atoms with Gasteiger partial charge in [0.05, 0.1) is 18.8 Å². The SMILES string of the molecule is Cn1nnnc1Cn1nnc2c(N3CC[C@H](O)[C@@H]3CO)nc(C(C)(C)C)nc21. The van der Waals surface area contributed by atoms with Crippen molar-refractivity contribution >= 4 is 17.0 Å². The van der Waals surface area contributed by atoms with Crippen LogP contribution in [0.25, 0.3) is 11.2 Å². The molecule has 0 amide bonds. The Hall–Kier alpha value is -2.73. The lowest BCUT2D eigenvalue weighted by Crippen LogP contribution is -2.39. The number of rotatable bonds is 4. The van der Waals surface area contributed by atoms with E-state index >= 15 is 0 Å². The van der Waals surface area contributed by atoms with Gasteiger partial charge in [0.2, 0.25) is 0 Å². The number of tetrazole rings is 1. The number of aliphatic hydroxyl groups excluding tert-OH is 2. The number of aromatic nitrogens is 9. The topological polar surface area (TPSA) is 144 Å². The molecule has 4 heterocycles. The van der Waals surface area contributed by atoms with Crippen molar-refractivity contribution < 1.29 is 10.2 Å². The smallest absolute Gasteiger partial charge is 0.184 e. The minimum Gasteiger partial charge on any atom is -0.394 e. The Kier molecular flexibility index (Phi) is 4.46. The Labute approximate surface area is 161 Å². The molecular weight excluding hydrogens is 364 g/mol. The van der Waals surface area contributed by atoms with E-state index in [4.69, 9.17) is 9.97 Å². The highest BCUT2D eigenvalue weighted by atomic mass is 16.3. The van der Waals surface area contributed by atoms with E-state index in [-0.39, 0.29) is 12.0 Å². The van der Waals surface area contributed by atoms with Gasteiger partial charge in [0.25, 0.3) is 0 Å². The zero-order valence-electron chi connectivity index (χ0n) is 16.3. The summed E-state index contributed by atoms with van der Waals surface area (Å²) in [6.45, 7) is 6.80. The van der Waals surface area contributed by atoms with Crippen molar-refractivity contribution in [3.8, 4) is 0 Å². The molecule has 0 spiro atoms. The van der Waals surface area contributed by atoms with E-state index < -0.39 is 12.1 Å². The molecule has 1 aliphatic heterocycles. The highest BCUT2D eigenvalue weighted by molar-refractivity contribution is 5.83. The fraction of sp³-hybridized carbons (Fsp3) is 0.688. The highest BCUT2D eigenvalue weighted by Crippen LogP contribution is 2.31. The van der Waals surface area contributed by atoms with Gasteiger partial charge in [0.1, 0.15) is 12.4 Å². The number of aryl methyl sites for hydroxylation is 1. The number of fused-ring (bicyclic) bond motifs is 1. The molecule has 28 heavy (non-hydrogen) atoms. The summed E-state index contributed by atoms with van der Waals surface area (Å²) >= 11 is 0. The number of anilines is 1. The minimum absolute atomic E-state index is 0.170. The summed E-state index contributed by atoms with van der Waals surface area (Å²) in [7, 11) is 1.76. The number of hydrogen-bond acceptors (Lipinski definition) is 10. The van der Waals surface area contributed by atoms with Gasteiger partial charge >= 0.3 is 0 Å². The van der Waals surface area contributed by atoms with Crippen molar-refractivity contribution in [2.75, 3.05) is 18.1 Å². The van der Waals surface area contributed by atoms with Crippen LogP contribution in [-0.4, -0.2) is 80.7 Å². The number of nitrogens with zero attached hydrogens (tertiary/aromatic N) is 10. The van der Waals surface area contributed by atoms with Crippen molar-refractivity contribution in [2.24, 2.45) is 7.05 Å². The van der Waals surface area contributed by atoms with Crippen LogP contribution >= 0.6 is 0 Å². The molecule has 1 fully saturated rings. The van der Waals surface area contributed by atoms with Gasteiger partial charge in [0.15, 0.2) is 22.8 Å². The average molecular weight is 388 g/mol. The Morgan fingerprint density at radius 1 is 1.14 bits per heavy atom. The van der Waals surface area contributed by atoms with E-state index in [1.807, 2.05) is 25.7 Å². The first-order valence-electron chi connectivity index (χ1n) is 9.18. The molecule has 0 aliphatic carbocycles. The van der Waals surface area contributed by atoms with Crippen LogP contribution in [0.4, 0.5) is 5.82 Å². The van der Waals surface area contributed by atoms with E-state index in [1.54, 1.807) is 16.4 Å². The van der Waals surface area contributed by atoms with E-state index in [0.717, 1.165) is 0 Å². The summed E-state index contributed by atoms with van der Waals surface area (Å²) in [6, 6.07) is -0.431. The quantitative estimate of drug-likeness (QED) is 0.572. The molecule has 4 rings (SSSR count). The Morgan fingerprint density at radius 2 is 1.93 bits per heavy atom. The second-order valence-electron chi connectivity index (χ2n) is 8.06. The minimum atomic E-state index is -0.618. The van der Waals surface area contributed by atoms with Crippen molar-refractivity contribution in [3.63, 3.8) is 0 Å². The molecule has 1 aliphatic rings. The van der Waals surface area contributed by atoms with Gasteiger partial charge < -0.3 is 15.1 Å². The summed E-state index contributed by atoms with van der Waals surface area (Å²) < 4.78 is 3.21. The molecule has 0 radical (unpaired) electrons. The summed E-state index contributed by atoms with van der Waals surface area (Å²) in [5, 5.41) is 40.0. The van der Waals surface area contributed by atoms with Crippen LogP contribution in [0.5, 0.6) is 0 Å². The van der Waals surface area contributed by atoms with Crippen molar-refractivity contribution in [2.45, 2.75) is 51.3 Å². The maximum atomic E-state index is 10.2. The van der Waals surface area contributed by atoms with Crippen LogP contribution in [0.3, 0.4) is 0 Å². The fourth-order valence-corrected chi connectivity index (χ4v) is 3.32. The van der Waals surface area contributed by atoms with Crippen LogP contribution in [0, 0.1) is 0 Å². The Morgan fingerprint density at radius 3 is 2.57 bits per heavy atom. The van der Waals surface area contributed by atoms with Crippen molar-refractivity contribution in [3.05, 3.63) is 11.6 Å². The predicted molar refractivity (Wildman–Crippen MR) is 98.6 cm³/mol. The van der Waals surface area contributed by atoms with Crippen LogP contribution in [0.15, 0.2) is 0 Å². The zero-order valence-corrected chi connectivity index (χ0v) is 16.3. The molecular formula is C16H24N10O2. The first kappa shape index (κ1) is 18.6. The van der Waals surface area contributed by atoms with E-state index in [1.165, 1.54) is 0 Å². The van der Waals surface area contributed by atoms with Crippen LogP contribution in [0.1, 0.15) is 38.8 Å². The lowest BCUT2D eigenvalue weighted by Gasteiger charge is -2.27. The molecule has 1 saturated heterocycles. The second-order valence-corrected chi connectivity index (χ2v) is 8.06. The van der Waals surface area contributed by atoms with E-state index in [0.29, 0.717) is 48.1 Å². The molecule has 0 bridgehead atoms. The van der Waals surface area contributed by atoms with Gasteiger partial charge in [-0.3, -0.25) is 0 Å². The normalized spacial score (nSPS) is 20.4. The van der Waals surface area contributed by atoms with E-state index in [9.17, 15) is 10.2 Å². The third-order valence-electron chi connectivity index (χ3n) is 4.98. The predicted octanol–water partition coefficient (Wildman–Crippen LogP) is -0.977. The largest absolute Gasteiger partial charge is 0.394 e. The highest BCUT2D eigenvalue weighted by Gasteiger charge is 2.36. The van der Waals surface area contributed by atoms with Crippen LogP contribution in [0.2, 0.25) is 0 Å². The van der Waals surface area contributed by atoms with Crippen LogP contribution in [-0.2, 0) is 19.0 Å². The Bertz CT molecular complexity index is 991. The van der Waals surface area contributed by atoms with E-state index in [2.05, 4.69) is 25.8 Å². The van der Waals surface area contributed by atoms with Crippen LogP contribution < -0.4 is 4.90 Å². The van der Waals surface area contributed by atoms with Crippen molar-refractivity contribution in [1.29, 1.82) is 0 Å². The third kappa shape index (κ3) is 3.07. The monoisotopic (exact) mass is 388 g/mol. The lowest BCUT2D eigenvalue weighted by molar-refractivity contribution is 0.128. The summed E-state index contributed by atoms with van der Waals surface area (Å²) in [5.41, 5.74) is 0.781. The van der Waals surface area contributed by atoms with Gasteiger partial charge in [-0.25, -0.2) is 19.3 Å². The van der Waals surface area contributed by atoms with Crippen molar-refractivity contribution in [1.82, 2.24) is 45.2 Å². The van der Waals surface area contributed by atoms with Gasteiger partial charge in [-0.15, -0.1) is 10.2 Å². The fourth-order valence-electron chi connectivity index (χ4n) is 3.32. The first-order valence-corrected chi connectivity index (χ1v) is 9.18. The summed E-state index contributed by atoms with van der Waals surface area (Å²) in [4.78, 5) is 11.4. The molecule has 3 aromatic heterocycles. The molecule has 0 aromatic carbocycles. The molecule has 2 N–H and O–H groups in total. The second kappa shape index (κ2) is 6.71. The van der Waals surface area contributed by atoms with Gasteiger partial charge in [0, 0.05) is 19.0 Å². The summed E-state index contributed by atoms with van der Waals surface area (Å²) in [6.07, 6.45) is -0.0618. The molecule has 150 valence electrons. The number of hydrogen-bond donors (Lipinski definition) is 2. The maximum absolute atomic E-state index is 10.2. The first-order chi connectivity index (χ1) is 13.3. The Balaban J connectivity index is 1.86.